The van der Waals surface area contributed by atoms with E-state index >= 15 is 0 Å². The first kappa shape index (κ1) is 28.9. The number of hydrogen-bond acceptors (Lipinski definition) is 1. The molecule has 1 aliphatic heterocycles. The standard InChI is InChI=1S/C14H12.C12H10O.C2H6Si.2CH3.Ti/c1-10-8-12-7-6-11-4-2-3-5-13(11)14(12)9-10;1-8-7-10-6-5-9-3-2-4-11(9)12(10)13-8;1-3-2;;;/h2-8H,9H2,1H3;2-8H,1H3;1-2H3;2*1H3;/q;;;2*-1;+2. The van der Waals surface area contributed by atoms with Crippen LogP contribution in [0.4, 0.5) is 0 Å². The van der Waals surface area contributed by atoms with Gasteiger partial charge in [0.2, 0.25) is 0 Å². The van der Waals surface area contributed by atoms with Gasteiger partial charge in [0, 0.05) is 20.3 Å². The first-order valence-electron chi connectivity index (χ1n) is 10.6. The van der Waals surface area contributed by atoms with Gasteiger partial charge in [-0.3, -0.25) is 0 Å². The number of rotatable bonds is 0. The minimum absolute atomic E-state index is 0. The number of allylic oxidation sites excluding steroid dienone is 2. The average molecular weight is 487 g/mol. The van der Waals surface area contributed by atoms with Crippen LogP contribution in [-0.4, -0.2) is 15.6 Å². The molecule has 0 fully saturated rings. The van der Waals surface area contributed by atoms with Crippen LogP contribution in [0.5, 0.6) is 5.75 Å². The first-order valence-corrected chi connectivity index (χ1v) is 12.6. The quantitative estimate of drug-likeness (QED) is 0.259. The Morgan fingerprint density at radius 2 is 1.64 bits per heavy atom. The minimum atomic E-state index is 0. The van der Waals surface area contributed by atoms with E-state index in [1.165, 1.54) is 43.5 Å². The van der Waals surface area contributed by atoms with Crippen molar-refractivity contribution >= 4 is 44.6 Å². The molecule has 1 atom stereocenters. The molecule has 3 aromatic carbocycles. The molecule has 1 unspecified atom stereocenters. The molecule has 2 aliphatic carbocycles. The minimum Gasteiger partial charge on any atom is -0.485 e. The van der Waals surface area contributed by atoms with Crippen LogP contribution in [0, 0.1) is 14.9 Å². The van der Waals surface area contributed by atoms with Crippen molar-refractivity contribution in [2.24, 2.45) is 0 Å². The van der Waals surface area contributed by atoms with Crippen molar-refractivity contribution < 1.29 is 26.5 Å². The van der Waals surface area contributed by atoms with Crippen molar-refractivity contribution in [2.45, 2.75) is 39.5 Å². The number of ether oxygens (including phenoxy) is 1. The molecular weight excluding hydrogens is 452 g/mol. The summed E-state index contributed by atoms with van der Waals surface area (Å²) in [6.07, 6.45) is 12.1. The van der Waals surface area contributed by atoms with Gasteiger partial charge < -0.3 is 19.6 Å². The Balaban J connectivity index is 0.000000274. The zero-order valence-electron chi connectivity index (χ0n) is 20.7. The molecule has 0 bridgehead atoms. The van der Waals surface area contributed by atoms with Crippen LogP contribution in [0.15, 0.2) is 60.2 Å². The molecule has 2 radical (unpaired) electrons. The largest absolute Gasteiger partial charge is 2.00 e. The maximum atomic E-state index is 5.72. The summed E-state index contributed by atoms with van der Waals surface area (Å²) in [5, 5.41) is 5.26. The molecule has 3 aromatic rings. The zero-order valence-corrected chi connectivity index (χ0v) is 23.3. The normalized spacial score (nSPS) is 15.0. The maximum Gasteiger partial charge on any atom is 2.00 e. The Morgan fingerprint density at radius 3 is 2.39 bits per heavy atom. The molecule has 33 heavy (non-hydrogen) atoms. The molecular formula is C30H34OSiTi. The van der Waals surface area contributed by atoms with Gasteiger partial charge in [0.25, 0.3) is 0 Å². The topological polar surface area (TPSA) is 9.23 Å². The number of fused-ring (bicyclic) bond motifs is 6. The van der Waals surface area contributed by atoms with Crippen molar-refractivity contribution in [1.82, 2.24) is 0 Å². The summed E-state index contributed by atoms with van der Waals surface area (Å²) in [5.41, 5.74) is 5.61. The van der Waals surface area contributed by atoms with Crippen molar-refractivity contribution in [1.29, 1.82) is 0 Å². The second-order valence-electron chi connectivity index (χ2n) is 8.02. The molecule has 0 aromatic heterocycles. The molecule has 1 nitrogen and oxygen atoms in total. The van der Waals surface area contributed by atoms with Crippen LogP contribution < -0.4 is 15.2 Å². The van der Waals surface area contributed by atoms with Crippen LogP contribution >= 0.6 is 0 Å². The van der Waals surface area contributed by atoms with Gasteiger partial charge in [0.15, 0.2) is 0 Å². The van der Waals surface area contributed by atoms with Crippen LogP contribution in [0.25, 0.3) is 35.1 Å². The molecule has 3 heteroatoms. The summed E-state index contributed by atoms with van der Waals surface area (Å²) in [6.45, 7) is 8.57. The summed E-state index contributed by atoms with van der Waals surface area (Å²) in [5.74, 6) is 1.05. The molecule has 168 valence electrons. The van der Waals surface area contributed by atoms with Crippen LogP contribution in [0.1, 0.15) is 30.5 Å². The van der Waals surface area contributed by atoms with E-state index in [0.29, 0.717) is 0 Å². The van der Waals surface area contributed by atoms with E-state index in [-0.39, 0.29) is 42.7 Å². The van der Waals surface area contributed by atoms with E-state index in [1.807, 2.05) is 0 Å². The summed E-state index contributed by atoms with van der Waals surface area (Å²) in [4.78, 5) is 0. The molecule has 1 heterocycles. The smallest absolute Gasteiger partial charge is 0.485 e. The third kappa shape index (κ3) is 6.26. The Hall–Kier alpha value is -2.13. The third-order valence-corrected chi connectivity index (χ3v) is 5.45. The van der Waals surface area contributed by atoms with Crippen LogP contribution in [-0.2, 0) is 28.1 Å². The van der Waals surface area contributed by atoms with Crippen molar-refractivity contribution in [3.63, 3.8) is 0 Å². The fourth-order valence-electron chi connectivity index (χ4n) is 4.21. The summed E-state index contributed by atoms with van der Waals surface area (Å²) >= 11 is 0. The van der Waals surface area contributed by atoms with Crippen molar-refractivity contribution in [3.8, 4) is 5.75 Å². The van der Waals surface area contributed by atoms with E-state index in [9.17, 15) is 0 Å². The summed E-state index contributed by atoms with van der Waals surface area (Å²) < 4.78 is 5.72. The van der Waals surface area contributed by atoms with Crippen LogP contribution in [0.2, 0.25) is 13.1 Å². The molecule has 0 amide bonds. The van der Waals surface area contributed by atoms with Gasteiger partial charge in [0.05, 0.1) is 0 Å². The first-order chi connectivity index (χ1) is 14.6. The zero-order chi connectivity index (χ0) is 21.1. The van der Waals surface area contributed by atoms with Gasteiger partial charge in [-0.1, -0.05) is 91.5 Å². The van der Waals surface area contributed by atoms with Gasteiger partial charge in [0.1, 0.15) is 11.9 Å². The van der Waals surface area contributed by atoms with Crippen LogP contribution in [0.3, 0.4) is 0 Å². The summed E-state index contributed by atoms with van der Waals surface area (Å²) in [7, 11) is 1.08. The Labute approximate surface area is 217 Å². The molecule has 0 spiro atoms. The summed E-state index contributed by atoms with van der Waals surface area (Å²) in [6, 6.07) is 17.3. The Kier molecular flexibility index (Phi) is 11.3. The molecule has 0 saturated heterocycles. The monoisotopic (exact) mass is 486 g/mol. The van der Waals surface area contributed by atoms with E-state index in [2.05, 4.69) is 106 Å². The number of benzene rings is 3. The molecule has 0 N–H and O–H groups in total. The number of hydrogen-bond donors (Lipinski definition) is 0. The Bertz CT molecular complexity index is 1270. The van der Waals surface area contributed by atoms with E-state index in [1.54, 1.807) is 0 Å². The van der Waals surface area contributed by atoms with Gasteiger partial charge in [-0.25, -0.2) is 0 Å². The SMILES string of the molecule is CC1=Cc2ccc3ccccc3c2C1.CC1C=c2ccc3c(c2O1)C=CC=3.C[Si]C.[CH3-].[CH3-].[Ti+2]. The Morgan fingerprint density at radius 1 is 0.939 bits per heavy atom. The van der Waals surface area contributed by atoms with Crippen molar-refractivity contribution in [3.05, 3.63) is 102 Å². The van der Waals surface area contributed by atoms with E-state index in [0.717, 1.165) is 21.7 Å². The molecule has 3 aliphatic rings. The predicted molar refractivity (Wildman–Crippen MR) is 145 cm³/mol. The van der Waals surface area contributed by atoms with Gasteiger partial charge >= 0.3 is 21.7 Å². The molecule has 0 saturated carbocycles. The predicted octanol–water partition coefficient (Wildman–Crippen LogP) is 6.54. The van der Waals surface area contributed by atoms with Gasteiger partial charge in [-0.05, 0) is 53.5 Å². The van der Waals surface area contributed by atoms with Gasteiger partial charge in [-0.15, -0.1) is 0 Å². The van der Waals surface area contributed by atoms with E-state index in [4.69, 9.17) is 4.74 Å². The molecule has 6 rings (SSSR count). The fourth-order valence-corrected chi connectivity index (χ4v) is 4.21. The second-order valence-corrected chi connectivity index (χ2v) is 9.02. The van der Waals surface area contributed by atoms with E-state index < -0.39 is 0 Å². The van der Waals surface area contributed by atoms with Crippen molar-refractivity contribution in [2.75, 3.05) is 0 Å². The fraction of sp³-hybridized carbons (Fsp3) is 0.200. The maximum absolute atomic E-state index is 5.72. The average Bonchev–Trinajstić information content (AvgIpc) is 3.45. The van der Waals surface area contributed by atoms with Gasteiger partial charge in [-0.2, -0.15) is 0 Å². The second kappa shape index (κ2) is 12.9. The third-order valence-electron chi connectivity index (χ3n) is 5.45.